The van der Waals surface area contributed by atoms with Gasteiger partial charge in [0.1, 0.15) is 5.69 Å². The van der Waals surface area contributed by atoms with E-state index in [0.717, 1.165) is 6.08 Å². The molecule has 0 aliphatic heterocycles. The Kier molecular flexibility index (Phi) is 5.53. The van der Waals surface area contributed by atoms with Crippen LogP contribution < -0.4 is 34.7 Å². The van der Waals surface area contributed by atoms with Crippen molar-refractivity contribution in [3.63, 3.8) is 0 Å². The zero-order valence-corrected chi connectivity index (χ0v) is 8.60. The molecular weight excluding hydrogens is 167 g/mol. The number of hydrogen-bond donors (Lipinski definition) is 0. The molecule has 0 atom stereocenters. The van der Waals surface area contributed by atoms with E-state index in [1.807, 2.05) is 0 Å². The van der Waals surface area contributed by atoms with E-state index in [9.17, 15) is 9.90 Å². The predicted molar refractivity (Wildman–Crippen MR) is 35.5 cm³/mol. The Balaban J connectivity index is 0.00000121. The first kappa shape index (κ1) is 11.3. The van der Waals surface area contributed by atoms with Gasteiger partial charge in [0.2, 0.25) is 5.78 Å². The first-order valence-electron chi connectivity index (χ1n) is 2.93. The molecule has 0 amide bonds. The molecule has 0 N–H and O–H groups in total. The molecule has 0 aliphatic carbocycles. The van der Waals surface area contributed by atoms with Gasteiger partial charge in [0.05, 0.1) is 6.20 Å². The summed E-state index contributed by atoms with van der Waals surface area (Å²) in [6.07, 6.45) is 5.49. The number of carbonyl (C=O) groups is 1. The number of rotatable bonds is 2. The van der Waals surface area contributed by atoms with Crippen LogP contribution in [0.15, 0.2) is 30.9 Å². The molecule has 0 spiro atoms. The summed E-state index contributed by atoms with van der Waals surface area (Å²) in [4.78, 5) is 18.2. The van der Waals surface area contributed by atoms with Gasteiger partial charge < -0.3 is 5.11 Å². The van der Waals surface area contributed by atoms with E-state index in [1.165, 1.54) is 18.6 Å². The maximum absolute atomic E-state index is 10.9. The maximum Gasteiger partial charge on any atom is 1.00 e. The third kappa shape index (κ3) is 3.13. The summed E-state index contributed by atoms with van der Waals surface area (Å²) in [5.41, 5.74) is 0.180. The summed E-state index contributed by atoms with van der Waals surface area (Å²) in [6.45, 7) is 0. The van der Waals surface area contributed by atoms with E-state index in [4.69, 9.17) is 0 Å². The number of ketones is 1. The Morgan fingerprint density at radius 2 is 2.25 bits per heavy atom. The van der Waals surface area contributed by atoms with Crippen LogP contribution in [-0.4, -0.2) is 15.8 Å². The van der Waals surface area contributed by atoms with E-state index in [1.54, 1.807) is 0 Å². The second-order valence-corrected chi connectivity index (χ2v) is 1.76. The first-order chi connectivity index (χ1) is 5.34. The molecule has 0 aliphatic rings. The Morgan fingerprint density at radius 3 is 2.75 bits per heavy atom. The summed E-state index contributed by atoms with van der Waals surface area (Å²) in [5.74, 6) is -0.423. The van der Waals surface area contributed by atoms with Gasteiger partial charge in [-0.1, -0.05) is 0 Å². The van der Waals surface area contributed by atoms with E-state index in [0.29, 0.717) is 6.26 Å². The molecule has 5 heteroatoms. The summed E-state index contributed by atoms with van der Waals surface area (Å²) < 4.78 is 0. The van der Waals surface area contributed by atoms with Crippen molar-refractivity contribution in [1.82, 2.24) is 9.97 Å². The maximum atomic E-state index is 10.9. The van der Waals surface area contributed by atoms with Gasteiger partial charge in [0.25, 0.3) is 0 Å². The van der Waals surface area contributed by atoms with Gasteiger partial charge >= 0.3 is 29.6 Å². The molecule has 0 unspecified atom stereocenters. The molecule has 0 aromatic carbocycles. The molecule has 0 fully saturated rings. The zero-order chi connectivity index (χ0) is 8.10. The van der Waals surface area contributed by atoms with Crippen LogP contribution in [0.5, 0.6) is 0 Å². The molecule has 0 saturated carbocycles. The molecule has 1 aromatic heterocycles. The van der Waals surface area contributed by atoms with E-state index in [-0.39, 0.29) is 35.3 Å². The molecule has 0 bridgehead atoms. The largest absolute Gasteiger partial charge is 1.00 e. The average Bonchev–Trinajstić information content (AvgIpc) is 2.07. The smallest absolute Gasteiger partial charge is 0.878 e. The van der Waals surface area contributed by atoms with E-state index in [2.05, 4.69) is 9.97 Å². The Bertz CT molecular complexity index is 274. The number of hydrogen-bond acceptors (Lipinski definition) is 4. The molecule has 0 saturated heterocycles. The average molecular weight is 172 g/mol. The Hall–Kier alpha value is -0.710. The van der Waals surface area contributed by atoms with Crippen LogP contribution in [0.4, 0.5) is 0 Å². The van der Waals surface area contributed by atoms with Gasteiger partial charge in [-0.05, 0) is 6.08 Å². The van der Waals surface area contributed by atoms with E-state index < -0.39 is 5.78 Å². The second kappa shape index (κ2) is 5.88. The molecule has 1 heterocycles. The van der Waals surface area contributed by atoms with Gasteiger partial charge in [-0.3, -0.25) is 9.78 Å². The number of nitrogens with zero attached hydrogens (tertiary/aromatic N) is 2. The van der Waals surface area contributed by atoms with Crippen molar-refractivity contribution >= 4 is 5.78 Å². The standard InChI is InChI=1S/C7H6N2O2.Na/c10-4-1-7(11)6-5-8-2-3-9-6;/h1-5,10H;/q;+1/p-1. The van der Waals surface area contributed by atoms with Crippen molar-refractivity contribution in [2.45, 2.75) is 0 Å². The van der Waals surface area contributed by atoms with Gasteiger partial charge in [0, 0.05) is 12.4 Å². The normalized spacial score (nSPS) is 9.33. The molecular formula is C7H5N2NaO2. The van der Waals surface area contributed by atoms with Gasteiger partial charge in [0.15, 0.2) is 0 Å². The molecule has 12 heavy (non-hydrogen) atoms. The fraction of sp³-hybridized carbons (Fsp3) is 0. The monoisotopic (exact) mass is 172 g/mol. The molecule has 1 rings (SSSR count). The van der Waals surface area contributed by atoms with Crippen LogP contribution in [-0.2, 0) is 0 Å². The first-order valence-corrected chi connectivity index (χ1v) is 2.93. The molecule has 0 radical (unpaired) electrons. The van der Waals surface area contributed by atoms with Crippen LogP contribution in [0.1, 0.15) is 10.5 Å². The SMILES string of the molecule is O=C(C=C[O-])c1cnccn1.[Na+]. The molecule has 56 valence electrons. The minimum Gasteiger partial charge on any atom is -0.878 e. The van der Waals surface area contributed by atoms with Crippen LogP contribution in [0.3, 0.4) is 0 Å². The molecule has 4 nitrogen and oxygen atoms in total. The van der Waals surface area contributed by atoms with Gasteiger partial charge in [-0.25, -0.2) is 4.98 Å². The third-order valence-electron chi connectivity index (χ3n) is 1.04. The van der Waals surface area contributed by atoms with E-state index >= 15 is 0 Å². The molecule has 1 aromatic rings. The van der Waals surface area contributed by atoms with Crippen molar-refractivity contribution in [3.05, 3.63) is 36.6 Å². The van der Waals surface area contributed by atoms with Crippen molar-refractivity contribution in [3.8, 4) is 0 Å². The van der Waals surface area contributed by atoms with Gasteiger partial charge in [-0.2, -0.15) is 0 Å². The van der Waals surface area contributed by atoms with Crippen molar-refractivity contribution in [2.75, 3.05) is 0 Å². The third-order valence-corrected chi connectivity index (χ3v) is 1.04. The minimum absolute atomic E-state index is 0. The second-order valence-electron chi connectivity index (χ2n) is 1.76. The minimum atomic E-state index is -0.423. The number of allylic oxidation sites excluding steroid dienone is 1. The van der Waals surface area contributed by atoms with Crippen LogP contribution in [0, 0.1) is 0 Å². The predicted octanol–water partition coefficient (Wildman–Crippen LogP) is -3.46. The Morgan fingerprint density at radius 1 is 1.50 bits per heavy atom. The van der Waals surface area contributed by atoms with Crippen LogP contribution >= 0.6 is 0 Å². The topological polar surface area (TPSA) is 65.9 Å². The van der Waals surface area contributed by atoms with Gasteiger partial charge in [-0.15, -0.1) is 6.26 Å². The number of carbonyl (C=O) groups excluding carboxylic acids is 1. The fourth-order valence-corrected chi connectivity index (χ4v) is 0.574. The number of aromatic nitrogens is 2. The zero-order valence-electron chi connectivity index (χ0n) is 6.60. The summed E-state index contributed by atoms with van der Waals surface area (Å²) in [7, 11) is 0. The van der Waals surface area contributed by atoms with Crippen molar-refractivity contribution < 1.29 is 39.5 Å². The Labute approximate surface area is 91.6 Å². The van der Waals surface area contributed by atoms with Crippen LogP contribution in [0.25, 0.3) is 0 Å². The summed E-state index contributed by atoms with van der Waals surface area (Å²) >= 11 is 0. The van der Waals surface area contributed by atoms with Crippen LogP contribution in [0.2, 0.25) is 0 Å². The summed E-state index contributed by atoms with van der Waals surface area (Å²) in [5, 5.41) is 9.86. The summed E-state index contributed by atoms with van der Waals surface area (Å²) in [6, 6.07) is 0. The quantitative estimate of drug-likeness (QED) is 0.201. The fourth-order valence-electron chi connectivity index (χ4n) is 0.574. The van der Waals surface area contributed by atoms with Crippen molar-refractivity contribution in [2.24, 2.45) is 0 Å². The van der Waals surface area contributed by atoms with Crippen molar-refractivity contribution in [1.29, 1.82) is 0 Å².